The Morgan fingerprint density at radius 2 is 1.67 bits per heavy atom. The number of carbonyl (C=O) groups is 1. The normalized spacial score (nSPS) is 28.1. The molecule has 2 spiro atoms. The van der Waals surface area contributed by atoms with Gasteiger partial charge in [-0.2, -0.15) is 0 Å². The fourth-order valence-corrected chi connectivity index (χ4v) is 5.11. The van der Waals surface area contributed by atoms with Crippen molar-refractivity contribution in [2.75, 3.05) is 19.8 Å². The van der Waals surface area contributed by atoms with Crippen molar-refractivity contribution < 1.29 is 14.3 Å². The van der Waals surface area contributed by atoms with Crippen molar-refractivity contribution in [1.82, 2.24) is 5.32 Å². The third-order valence-corrected chi connectivity index (χ3v) is 6.24. The highest BCUT2D eigenvalue weighted by Gasteiger charge is 2.54. The second kappa shape index (κ2) is 5.80. The van der Waals surface area contributed by atoms with Crippen LogP contribution in [0.2, 0.25) is 5.02 Å². The van der Waals surface area contributed by atoms with E-state index in [2.05, 4.69) is 5.32 Å². The van der Waals surface area contributed by atoms with Crippen molar-refractivity contribution in [2.24, 2.45) is 0 Å². The van der Waals surface area contributed by atoms with Gasteiger partial charge < -0.3 is 14.8 Å². The van der Waals surface area contributed by atoms with Crippen LogP contribution in [-0.4, -0.2) is 36.9 Å². The summed E-state index contributed by atoms with van der Waals surface area (Å²) >= 11 is 6.15. The zero-order valence-electron chi connectivity index (χ0n) is 14.3. The molecule has 0 aromatic heterocycles. The monoisotopic (exact) mass is 349 g/mol. The average Bonchev–Trinajstić information content (AvgIpc) is 3.10. The Labute approximate surface area is 147 Å². The largest absolute Gasteiger partial charge is 0.348 e. The number of hydrogen-bond donors (Lipinski definition) is 1. The molecule has 5 heteroatoms. The molecular weight excluding hydrogens is 326 g/mol. The molecule has 4 rings (SSSR count). The lowest BCUT2D eigenvalue weighted by molar-refractivity contribution is -0.186. The number of ketones is 1. The summed E-state index contributed by atoms with van der Waals surface area (Å²) in [5.41, 5.74) is 2.94. The van der Waals surface area contributed by atoms with E-state index in [4.69, 9.17) is 21.1 Å². The number of aryl methyl sites for hydroxylation is 2. The molecular formula is C19H24ClNO3. The van der Waals surface area contributed by atoms with Gasteiger partial charge in [0.25, 0.3) is 0 Å². The lowest BCUT2D eigenvalue weighted by Crippen LogP contribution is -2.52. The van der Waals surface area contributed by atoms with Crippen LogP contribution in [0.15, 0.2) is 12.1 Å². The van der Waals surface area contributed by atoms with Crippen LogP contribution in [0.25, 0.3) is 0 Å². The number of carbonyl (C=O) groups excluding carboxylic acids is 1. The van der Waals surface area contributed by atoms with Gasteiger partial charge in [0.1, 0.15) is 0 Å². The summed E-state index contributed by atoms with van der Waals surface area (Å²) in [6.07, 6.45) is 3.15. The van der Waals surface area contributed by atoms with Gasteiger partial charge in [-0.1, -0.05) is 11.6 Å². The minimum atomic E-state index is -0.433. The maximum Gasteiger partial charge on any atom is 0.168 e. The number of rotatable bonds is 1. The van der Waals surface area contributed by atoms with Gasteiger partial charge in [0.15, 0.2) is 11.6 Å². The number of halogens is 1. The number of hydrogen-bond acceptors (Lipinski definition) is 4. The summed E-state index contributed by atoms with van der Waals surface area (Å²) < 4.78 is 11.6. The van der Waals surface area contributed by atoms with Crippen molar-refractivity contribution in [3.63, 3.8) is 0 Å². The van der Waals surface area contributed by atoms with Crippen molar-refractivity contribution >= 4 is 17.4 Å². The third kappa shape index (κ3) is 2.51. The van der Waals surface area contributed by atoms with Crippen LogP contribution in [0.1, 0.15) is 48.3 Å². The Morgan fingerprint density at radius 1 is 1.08 bits per heavy atom. The van der Waals surface area contributed by atoms with Gasteiger partial charge in [-0.25, -0.2) is 0 Å². The number of ether oxygens (including phenoxy) is 2. The van der Waals surface area contributed by atoms with E-state index in [-0.39, 0.29) is 5.92 Å². The summed E-state index contributed by atoms with van der Waals surface area (Å²) in [7, 11) is 0. The fraction of sp³-hybridized carbons (Fsp3) is 0.632. The number of nitrogens with one attached hydrogen (secondary N) is 1. The summed E-state index contributed by atoms with van der Waals surface area (Å²) in [6, 6.07) is 3.91. The number of Topliss-reactive ketones (excluding diaryl/α,β-unsaturated/α-hetero) is 1. The zero-order valence-corrected chi connectivity index (χ0v) is 15.0. The van der Waals surface area contributed by atoms with E-state index in [1.807, 2.05) is 26.0 Å². The molecule has 24 heavy (non-hydrogen) atoms. The first kappa shape index (κ1) is 16.5. The minimum absolute atomic E-state index is 0.0817. The molecule has 1 atom stereocenters. The highest BCUT2D eigenvalue weighted by atomic mass is 35.5. The third-order valence-electron chi connectivity index (χ3n) is 6.02. The van der Waals surface area contributed by atoms with Gasteiger partial charge in [0.05, 0.1) is 24.7 Å². The highest BCUT2D eigenvalue weighted by Crippen LogP contribution is 2.45. The Morgan fingerprint density at radius 3 is 2.25 bits per heavy atom. The van der Waals surface area contributed by atoms with Gasteiger partial charge >= 0.3 is 0 Å². The average molecular weight is 350 g/mol. The molecule has 0 radical (unpaired) electrons. The first-order chi connectivity index (χ1) is 11.4. The quantitative estimate of drug-likeness (QED) is 0.845. The van der Waals surface area contributed by atoms with Crippen LogP contribution in [0.4, 0.5) is 0 Å². The van der Waals surface area contributed by atoms with Crippen molar-refractivity contribution in [3.8, 4) is 0 Å². The topological polar surface area (TPSA) is 47.6 Å². The molecule has 1 aromatic carbocycles. The lowest BCUT2D eigenvalue weighted by atomic mass is 9.74. The minimum Gasteiger partial charge on any atom is -0.348 e. The maximum absolute atomic E-state index is 13.3. The standard InChI is InChI=1S/C19H24ClNO3/c1-12-9-14(20)10-13(2)16(12)15-11-21-18(17(15)22)3-5-19(6-4-18)23-7-8-24-19/h9-10,15,21H,3-8,11H2,1-2H3. The van der Waals surface area contributed by atoms with Gasteiger partial charge in [-0.15, -0.1) is 0 Å². The van der Waals surface area contributed by atoms with Crippen LogP contribution in [0, 0.1) is 13.8 Å². The Balaban J connectivity index is 1.57. The summed E-state index contributed by atoms with van der Waals surface area (Å²) in [6.45, 7) is 6.13. The molecule has 0 bridgehead atoms. The van der Waals surface area contributed by atoms with Crippen LogP contribution < -0.4 is 5.32 Å². The molecule has 3 aliphatic rings. The first-order valence-electron chi connectivity index (χ1n) is 8.79. The van der Waals surface area contributed by atoms with E-state index in [9.17, 15) is 4.79 Å². The van der Waals surface area contributed by atoms with Crippen molar-refractivity contribution in [3.05, 3.63) is 33.8 Å². The molecule has 2 saturated heterocycles. The van der Waals surface area contributed by atoms with Crippen LogP contribution in [0.3, 0.4) is 0 Å². The molecule has 1 aromatic rings. The van der Waals surface area contributed by atoms with E-state index in [0.29, 0.717) is 25.5 Å². The molecule has 3 fully saturated rings. The Hall–Kier alpha value is -0.940. The maximum atomic E-state index is 13.3. The smallest absolute Gasteiger partial charge is 0.168 e. The molecule has 1 unspecified atom stereocenters. The second-order valence-electron chi connectivity index (χ2n) is 7.44. The molecule has 1 aliphatic carbocycles. The zero-order chi connectivity index (χ0) is 16.9. The van der Waals surface area contributed by atoms with E-state index >= 15 is 0 Å². The molecule has 1 saturated carbocycles. The molecule has 4 nitrogen and oxygen atoms in total. The molecule has 2 aliphatic heterocycles. The molecule has 2 heterocycles. The SMILES string of the molecule is Cc1cc(Cl)cc(C)c1C1CNC2(CCC3(CC2)OCCO3)C1=O. The van der Waals surface area contributed by atoms with Crippen molar-refractivity contribution in [2.45, 2.75) is 56.8 Å². The van der Waals surface area contributed by atoms with Crippen molar-refractivity contribution in [1.29, 1.82) is 0 Å². The van der Waals surface area contributed by atoms with Gasteiger partial charge in [-0.3, -0.25) is 4.79 Å². The highest BCUT2D eigenvalue weighted by molar-refractivity contribution is 6.30. The van der Waals surface area contributed by atoms with Crippen LogP contribution in [0.5, 0.6) is 0 Å². The van der Waals surface area contributed by atoms with Gasteiger partial charge in [0.2, 0.25) is 0 Å². The van der Waals surface area contributed by atoms with Gasteiger partial charge in [0, 0.05) is 24.4 Å². The molecule has 0 amide bonds. The summed E-state index contributed by atoms with van der Waals surface area (Å²) in [5, 5.41) is 4.29. The van der Waals surface area contributed by atoms with E-state index in [1.54, 1.807) is 0 Å². The summed E-state index contributed by atoms with van der Waals surface area (Å²) in [4.78, 5) is 13.3. The lowest BCUT2D eigenvalue weighted by Gasteiger charge is -2.40. The molecule has 130 valence electrons. The van der Waals surface area contributed by atoms with E-state index in [1.165, 1.54) is 0 Å². The summed E-state index contributed by atoms with van der Waals surface area (Å²) in [5.74, 6) is -0.192. The Bertz CT molecular complexity index is 648. The first-order valence-corrected chi connectivity index (χ1v) is 9.16. The predicted molar refractivity (Wildman–Crippen MR) is 92.5 cm³/mol. The van der Waals surface area contributed by atoms with Crippen LogP contribution >= 0.6 is 11.6 Å². The van der Waals surface area contributed by atoms with Gasteiger partial charge in [-0.05, 0) is 55.5 Å². The molecule has 1 N–H and O–H groups in total. The van der Waals surface area contributed by atoms with Crippen LogP contribution in [-0.2, 0) is 14.3 Å². The fourth-order valence-electron chi connectivity index (χ4n) is 4.78. The van der Waals surface area contributed by atoms with E-state index < -0.39 is 11.3 Å². The second-order valence-corrected chi connectivity index (χ2v) is 7.88. The van der Waals surface area contributed by atoms with E-state index in [0.717, 1.165) is 47.4 Å². The number of benzene rings is 1. The predicted octanol–water partition coefficient (Wildman–Crippen LogP) is 3.27. The Kier molecular flexibility index (Phi) is 4.00.